The first-order chi connectivity index (χ1) is 18.7. The maximum atomic E-state index is 13.9. The van der Waals surface area contributed by atoms with Crippen molar-refractivity contribution in [1.82, 2.24) is 0 Å². The first-order valence-electron chi connectivity index (χ1n) is 12.7. The van der Waals surface area contributed by atoms with E-state index < -0.39 is 23.7 Å². The third-order valence-corrected chi connectivity index (χ3v) is 9.55. The fourth-order valence-electron chi connectivity index (χ4n) is 6.57. The number of halogens is 2. The number of ketones is 2. The van der Waals surface area contributed by atoms with Crippen LogP contribution in [0.3, 0.4) is 0 Å². The summed E-state index contributed by atoms with van der Waals surface area (Å²) in [7, 11) is 0. The van der Waals surface area contributed by atoms with Crippen LogP contribution in [0.4, 0.5) is 5.69 Å². The number of rotatable bonds is 4. The normalized spacial score (nSPS) is 26.2. The molecule has 6 rings (SSSR count). The molecule has 0 unspecified atom stereocenters. The lowest BCUT2D eigenvalue weighted by Crippen LogP contribution is -2.39. The van der Waals surface area contributed by atoms with Crippen LogP contribution < -0.4 is 4.90 Å². The number of amides is 2. The summed E-state index contributed by atoms with van der Waals surface area (Å²) in [6, 6.07) is 12.6. The van der Waals surface area contributed by atoms with E-state index in [1.807, 2.05) is 24.3 Å². The van der Waals surface area contributed by atoms with Crippen molar-refractivity contribution >= 4 is 67.6 Å². The number of phenols is 1. The van der Waals surface area contributed by atoms with Gasteiger partial charge in [0, 0.05) is 32.3 Å². The molecule has 2 aromatic rings. The van der Waals surface area contributed by atoms with Gasteiger partial charge >= 0.3 is 0 Å². The first-order valence-corrected chi connectivity index (χ1v) is 14.5. The summed E-state index contributed by atoms with van der Waals surface area (Å²) in [4.78, 5) is 55.6. The van der Waals surface area contributed by atoms with Gasteiger partial charge in [0.05, 0.1) is 22.0 Å². The molecule has 196 valence electrons. The monoisotopic (exact) mass is 695 g/mol. The highest BCUT2D eigenvalue weighted by Crippen LogP contribution is 2.56. The summed E-state index contributed by atoms with van der Waals surface area (Å²) in [5.74, 6) is -3.49. The lowest BCUT2D eigenvalue weighted by molar-refractivity contribution is -0.123. The highest BCUT2D eigenvalue weighted by Gasteiger charge is 2.56. The summed E-state index contributed by atoms with van der Waals surface area (Å²) >= 11 is 5.41. The maximum absolute atomic E-state index is 13.9. The molecular formula is C31H23BrINO5. The molecule has 4 aliphatic rings. The van der Waals surface area contributed by atoms with Gasteiger partial charge in [-0.1, -0.05) is 35.9 Å². The molecule has 2 aromatic carbocycles. The maximum Gasteiger partial charge on any atom is 0.238 e. The van der Waals surface area contributed by atoms with Crippen LogP contribution in [0.15, 0.2) is 88.5 Å². The Morgan fingerprint density at radius 3 is 2.51 bits per heavy atom. The number of benzene rings is 2. The van der Waals surface area contributed by atoms with E-state index in [0.717, 1.165) is 9.14 Å². The third-order valence-electron chi connectivity index (χ3n) is 8.24. The van der Waals surface area contributed by atoms with Crippen LogP contribution in [0.5, 0.6) is 5.75 Å². The van der Waals surface area contributed by atoms with Gasteiger partial charge in [-0.25, -0.2) is 0 Å². The Hall–Kier alpha value is -3.11. The average Bonchev–Trinajstić information content (AvgIpc) is 3.18. The molecule has 1 N–H and O–H groups in total. The lowest BCUT2D eigenvalue weighted by atomic mass is 9.59. The van der Waals surface area contributed by atoms with Gasteiger partial charge < -0.3 is 5.11 Å². The minimum Gasteiger partial charge on any atom is -0.507 e. The zero-order chi connectivity index (χ0) is 27.6. The minimum atomic E-state index is -0.701. The Kier molecular flexibility index (Phi) is 6.58. The number of carbonyl (C=O) groups excluding carboxylic acids is 4. The van der Waals surface area contributed by atoms with Crippen LogP contribution in [-0.2, 0) is 25.6 Å². The number of carbonyl (C=O) groups is 4. The van der Waals surface area contributed by atoms with Crippen LogP contribution in [0, 0.1) is 21.3 Å². The molecule has 6 nitrogen and oxygen atoms in total. The predicted octanol–water partition coefficient (Wildman–Crippen LogP) is 5.69. The van der Waals surface area contributed by atoms with Gasteiger partial charge in [-0.2, -0.15) is 0 Å². The van der Waals surface area contributed by atoms with Crippen LogP contribution >= 0.6 is 38.5 Å². The Balaban J connectivity index is 1.50. The Morgan fingerprint density at radius 1 is 1.05 bits per heavy atom. The molecule has 4 atom stereocenters. The Bertz CT molecular complexity index is 1580. The molecule has 0 spiro atoms. The zero-order valence-electron chi connectivity index (χ0n) is 20.7. The largest absolute Gasteiger partial charge is 0.507 e. The Labute approximate surface area is 247 Å². The van der Waals surface area contributed by atoms with Gasteiger partial charge in [0.1, 0.15) is 5.75 Å². The molecule has 39 heavy (non-hydrogen) atoms. The summed E-state index contributed by atoms with van der Waals surface area (Å²) < 4.78 is 1.16. The second-order valence-electron chi connectivity index (χ2n) is 10.2. The molecule has 1 heterocycles. The number of fused-ring (bicyclic) bond motifs is 3. The summed E-state index contributed by atoms with van der Waals surface area (Å²) in [6.07, 6.45) is 5.88. The van der Waals surface area contributed by atoms with E-state index in [0.29, 0.717) is 40.8 Å². The van der Waals surface area contributed by atoms with Gasteiger partial charge in [0.25, 0.3) is 0 Å². The molecular weight excluding hydrogens is 673 g/mol. The van der Waals surface area contributed by atoms with E-state index in [1.54, 1.807) is 30.3 Å². The van der Waals surface area contributed by atoms with Crippen LogP contribution in [0.2, 0.25) is 0 Å². The quantitative estimate of drug-likeness (QED) is 0.192. The molecule has 0 aromatic heterocycles. The van der Waals surface area contributed by atoms with Crippen molar-refractivity contribution in [3.8, 4) is 5.75 Å². The van der Waals surface area contributed by atoms with Gasteiger partial charge in [-0.05, 0) is 93.5 Å². The number of para-hydroxylation sites is 1. The topological polar surface area (TPSA) is 91.8 Å². The van der Waals surface area contributed by atoms with Gasteiger partial charge in [0.15, 0.2) is 11.6 Å². The predicted molar refractivity (Wildman–Crippen MR) is 158 cm³/mol. The number of anilines is 1. The number of aromatic hydroxyl groups is 1. The van der Waals surface area contributed by atoms with Crippen molar-refractivity contribution in [2.75, 3.05) is 4.90 Å². The van der Waals surface area contributed by atoms with Crippen molar-refractivity contribution in [2.45, 2.75) is 25.2 Å². The van der Waals surface area contributed by atoms with Crippen molar-refractivity contribution in [3.63, 3.8) is 0 Å². The van der Waals surface area contributed by atoms with Gasteiger partial charge in [-0.3, -0.25) is 24.1 Å². The zero-order valence-corrected chi connectivity index (χ0v) is 24.4. The number of Topliss-reactive ketones (excluding diaryl/α,β-unsaturated/α-hetero) is 1. The minimum absolute atomic E-state index is 0.0427. The number of phenolic OH excluding ortho intramolecular Hbond substituents is 1. The fraction of sp³-hybridized carbons (Fsp3) is 0.226. The van der Waals surface area contributed by atoms with E-state index in [2.05, 4.69) is 45.1 Å². The fourth-order valence-corrected chi connectivity index (χ4v) is 7.38. The lowest BCUT2D eigenvalue weighted by Gasteiger charge is -2.42. The SMILES string of the molecule is C=CCc1cccc([C@H]2C3=CC[C@@H]4C(=O)N(c5ccc(I)cc5)C(=O)[C@@H]4[C@@H]3CC3=C2C(=O)C=C(Br)C3=O)c1O. The van der Waals surface area contributed by atoms with E-state index in [1.165, 1.54) is 11.0 Å². The smallest absolute Gasteiger partial charge is 0.238 e. The first kappa shape index (κ1) is 26.1. The number of hydrogen-bond acceptors (Lipinski definition) is 5. The second kappa shape index (κ2) is 9.82. The molecule has 0 bridgehead atoms. The van der Waals surface area contributed by atoms with Crippen LogP contribution in [0.1, 0.15) is 29.9 Å². The van der Waals surface area contributed by atoms with Crippen LogP contribution in [0.25, 0.3) is 0 Å². The molecule has 0 radical (unpaired) electrons. The van der Waals surface area contributed by atoms with Gasteiger partial charge in [0.2, 0.25) is 11.8 Å². The highest BCUT2D eigenvalue weighted by molar-refractivity contribution is 14.1. The van der Waals surface area contributed by atoms with E-state index in [-0.39, 0.29) is 40.0 Å². The number of nitrogens with zero attached hydrogens (tertiary/aromatic N) is 1. The molecule has 8 heteroatoms. The van der Waals surface area contributed by atoms with Gasteiger partial charge in [-0.15, -0.1) is 6.58 Å². The van der Waals surface area contributed by atoms with E-state index in [9.17, 15) is 24.3 Å². The summed E-state index contributed by atoms with van der Waals surface area (Å²) in [6.45, 7) is 3.77. The van der Waals surface area contributed by atoms with Crippen molar-refractivity contribution < 1.29 is 24.3 Å². The number of allylic oxidation sites excluding steroid dienone is 7. The summed E-state index contributed by atoms with van der Waals surface area (Å²) in [5.41, 5.74) is 3.17. The van der Waals surface area contributed by atoms with E-state index >= 15 is 0 Å². The molecule has 1 saturated heterocycles. The van der Waals surface area contributed by atoms with Crippen LogP contribution in [-0.4, -0.2) is 28.5 Å². The van der Waals surface area contributed by atoms with Crippen molar-refractivity contribution in [1.29, 1.82) is 0 Å². The van der Waals surface area contributed by atoms with Crippen molar-refractivity contribution in [3.05, 3.63) is 103 Å². The second-order valence-corrected chi connectivity index (χ2v) is 12.3. The van der Waals surface area contributed by atoms with E-state index in [4.69, 9.17) is 0 Å². The molecule has 2 amide bonds. The highest BCUT2D eigenvalue weighted by atomic mass is 127. The number of imide groups is 1. The molecule has 3 aliphatic carbocycles. The number of hydrogen-bond donors (Lipinski definition) is 1. The third kappa shape index (κ3) is 4.02. The molecule has 1 fully saturated rings. The molecule has 0 saturated carbocycles. The van der Waals surface area contributed by atoms with Crippen molar-refractivity contribution in [2.24, 2.45) is 17.8 Å². The standard InChI is InChI=1S/C31H23BrINO5/c1-2-4-15-5-3-6-19(28(15)36)25-18-11-12-20-26(21(18)13-22-27(25)24(35)14-23(32)29(22)37)31(39)34(30(20)38)17-9-7-16(33)8-10-17/h2-3,5-11,14,20-21,25-26,36H,1,4,12-13H2/t20-,21+,25+,26-/m0/s1. The molecule has 1 aliphatic heterocycles. The summed E-state index contributed by atoms with van der Waals surface area (Å²) in [5, 5.41) is 11.3. The Morgan fingerprint density at radius 2 is 1.79 bits per heavy atom. The average molecular weight is 696 g/mol.